The summed E-state index contributed by atoms with van der Waals surface area (Å²) in [5.74, 6) is 1.55. The third-order valence-corrected chi connectivity index (χ3v) is 6.77. The minimum Gasteiger partial charge on any atom is -0.507 e. The number of hydrogen-bond donors (Lipinski definition) is 2. The van der Waals surface area contributed by atoms with Gasteiger partial charge in [-0.1, -0.05) is 60.7 Å². The Balaban J connectivity index is 0.00000277. The molecule has 0 aliphatic heterocycles. The normalized spacial score (nSPS) is 11.1. The molecular formula is C32H22N4O2Pt. The molecule has 0 bridgehead atoms. The molecule has 6 nitrogen and oxygen atoms in total. The van der Waals surface area contributed by atoms with Crippen LogP contribution in [0.1, 0.15) is 0 Å². The van der Waals surface area contributed by atoms with Crippen molar-refractivity contribution in [2.45, 2.75) is 0 Å². The molecule has 0 aliphatic carbocycles. The smallest absolute Gasteiger partial charge is 0.149 e. The van der Waals surface area contributed by atoms with Gasteiger partial charge in [-0.3, -0.25) is 9.13 Å². The Morgan fingerprint density at radius 2 is 0.795 bits per heavy atom. The average Bonchev–Trinajstić information content (AvgIpc) is 3.53. The molecule has 0 saturated heterocycles. The van der Waals surface area contributed by atoms with E-state index in [0.29, 0.717) is 33.8 Å². The fourth-order valence-electron chi connectivity index (χ4n) is 5.04. The first-order chi connectivity index (χ1) is 18.7. The quantitative estimate of drug-likeness (QED) is 0.207. The van der Waals surface area contributed by atoms with Gasteiger partial charge in [-0.15, -0.1) is 0 Å². The van der Waals surface area contributed by atoms with Crippen LogP contribution in [-0.2, 0) is 21.1 Å². The minimum absolute atomic E-state index is 0. The summed E-state index contributed by atoms with van der Waals surface area (Å²) in [6.45, 7) is 0. The Morgan fingerprint density at radius 1 is 0.436 bits per heavy atom. The molecule has 2 heterocycles. The summed E-state index contributed by atoms with van der Waals surface area (Å²) in [6, 6.07) is 38.5. The second-order valence-electron chi connectivity index (χ2n) is 9.05. The van der Waals surface area contributed by atoms with Crippen molar-refractivity contribution in [2.24, 2.45) is 0 Å². The molecule has 0 saturated carbocycles. The largest absolute Gasteiger partial charge is 0.507 e. The van der Waals surface area contributed by atoms with Crippen LogP contribution in [0.3, 0.4) is 0 Å². The molecule has 2 aromatic heterocycles. The molecule has 2 N–H and O–H groups in total. The topological polar surface area (TPSA) is 76.1 Å². The van der Waals surface area contributed by atoms with Crippen LogP contribution in [0.15, 0.2) is 121 Å². The number of phenolic OH excluding ortho intramolecular Hbond substituents is 2. The first-order valence-corrected chi connectivity index (χ1v) is 12.3. The Labute approximate surface area is 238 Å². The molecule has 0 aliphatic rings. The number of hydrogen-bond acceptors (Lipinski definition) is 4. The minimum atomic E-state index is 0. The molecule has 0 radical (unpaired) electrons. The number of benzene rings is 5. The van der Waals surface area contributed by atoms with Crippen LogP contribution < -0.4 is 0 Å². The predicted octanol–water partition coefficient (Wildman–Crippen LogP) is 7.11. The van der Waals surface area contributed by atoms with Crippen molar-refractivity contribution in [3.05, 3.63) is 121 Å². The second-order valence-corrected chi connectivity index (χ2v) is 9.05. The SMILES string of the molecule is Oc1ccccc1-c1nc2c3nc(-c4ccccc4O)n(-c4ccccc4)c3ccc2n1-c1ccccc1.[Pt]. The van der Waals surface area contributed by atoms with Gasteiger partial charge in [0, 0.05) is 32.4 Å². The summed E-state index contributed by atoms with van der Waals surface area (Å²) < 4.78 is 4.09. The van der Waals surface area contributed by atoms with Gasteiger partial charge < -0.3 is 10.2 Å². The second kappa shape index (κ2) is 9.90. The first-order valence-electron chi connectivity index (χ1n) is 12.3. The zero-order chi connectivity index (χ0) is 25.6. The van der Waals surface area contributed by atoms with E-state index in [9.17, 15) is 10.2 Å². The van der Waals surface area contributed by atoms with Gasteiger partial charge in [0.15, 0.2) is 0 Å². The van der Waals surface area contributed by atoms with Crippen LogP contribution in [-0.4, -0.2) is 29.3 Å². The number of fused-ring (bicyclic) bond motifs is 3. The van der Waals surface area contributed by atoms with E-state index in [1.165, 1.54) is 0 Å². The monoisotopic (exact) mass is 689 g/mol. The Morgan fingerprint density at radius 3 is 1.18 bits per heavy atom. The average molecular weight is 690 g/mol. The van der Waals surface area contributed by atoms with Gasteiger partial charge in [-0.25, -0.2) is 9.97 Å². The number of phenols is 2. The van der Waals surface area contributed by atoms with Crippen molar-refractivity contribution in [1.82, 2.24) is 19.1 Å². The summed E-state index contributed by atoms with van der Waals surface area (Å²) in [4.78, 5) is 10.2. The number of aromatic nitrogens is 4. The maximum Gasteiger partial charge on any atom is 0.149 e. The number of para-hydroxylation sites is 4. The summed E-state index contributed by atoms with van der Waals surface area (Å²) in [5, 5.41) is 21.5. The summed E-state index contributed by atoms with van der Waals surface area (Å²) >= 11 is 0. The zero-order valence-electron chi connectivity index (χ0n) is 20.5. The van der Waals surface area contributed by atoms with Gasteiger partial charge in [-0.2, -0.15) is 0 Å². The number of nitrogens with zero attached hydrogens (tertiary/aromatic N) is 4. The van der Waals surface area contributed by atoms with Crippen molar-refractivity contribution in [3.8, 4) is 45.6 Å². The van der Waals surface area contributed by atoms with Gasteiger partial charge in [0.1, 0.15) is 34.2 Å². The molecule has 192 valence electrons. The molecule has 5 aromatic carbocycles. The van der Waals surface area contributed by atoms with E-state index in [2.05, 4.69) is 0 Å². The Bertz CT molecular complexity index is 1800. The van der Waals surface area contributed by atoms with Crippen LogP contribution in [0.25, 0.3) is 56.2 Å². The summed E-state index contributed by atoms with van der Waals surface area (Å²) in [5.41, 5.74) is 6.25. The van der Waals surface area contributed by atoms with Crippen molar-refractivity contribution in [3.63, 3.8) is 0 Å². The Hall–Kier alpha value is -4.67. The third kappa shape index (κ3) is 4.01. The molecule has 7 rings (SSSR count). The van der Waals surface area contributed by atoms with Crippen LogP contribution in [0.5, 0.6) is 11.5 Å². The van der Waals surface area contributed by atoms with E-state index in [4.69, 9.17) is 9.97 Å². The van der Waals surface area contributed by atoms with Crippen LogP contribution >= 0.6 is 0 Å². The Kier molecular flexibility index (Phi) is 6.26. The summed E-state index contributed by atoms with van der Waals surface area (Å²) in [6.07, 6.45) is 0. The van der Waals surface area contributed by atoms with Crippen LogP contribution in [0.4, 0.5) is 0 Å². The molecular weight excluding hydrogens is 667 g/mol. The molecule has 39 heavy (non-hydrogen) atoms. The standard InChI is InChI=1S/C32H22N4O2.Pt/c37-27-17-9-7-15-23(27)31-33-29-25(35(31)21-11-3-1-4-12-21)19-20-26-30(29)34-32(24-16-8-10-18-28(24)38)36(26)22-13-5-2-6-14-22;/h1-20,37-38H;. The molecule has 0 amide bonds. The van der Waals surface area contributed by atoms with Gasteiger partial charge in [-0.05, 0) is 60.7 Å². The predicted molar refractivity (Wildman–Crippen MR) is 150 cm³/mol. The van der Waals surface area contributed by atoms with Crippen molar-refractivity contribution in [2.75, 3.05) is 0 Å². The van der Waals surface area contributed by atoms with E-state index >= 15 is 0 Å². The van der Waals surface area contributed by atoms with Crippen molar-refractivity contribution in [1.29, 1.82) is 0 Å². The first kappa shape index (κ1) is 24.7. The number of aromatic hydroxyl groups is 2. The van der Waals surface area contributed by atoms with Gasteiger partial charge >= 0.3 is 0 Å². The maximum atomic E-state index is 10.7. The third-order valence-electron chi connectivity index (χ3n) is 6.77. The van der Waals surface area contributed by atoms with Gasteiger partial charge in [0.05, 0.1) is 22.2 Å². The van der Waals surface area contributed by atoms with Crippen LogP contribution in [0, 0.1) is 0 Å². The zero-order valence-corrected chi connectivity index (χ0v) is 22.8. The van der Waals surface area contributed by atoms with E-state index < -0.39 is 0 Å². The van der Waals surface area contributed by atoms with Gasteiger partial charge in [0.25, 0.3) is 0 Å². The van der Waals surface area contributed by atoms with E-state index in [0.717, 1.165) is 22.4 Å². The molecule has 0 fully saturated rings. The molecule has 0 atom stereocenters. The molecule has 0 spiro atoms. The van der Waals surface area contributed by atoms with Crippen molar-refractivity contribution >= 4 is 22.1 Å². The fourth-order valence-corrected chi connectivity index (χ4v) is 5.04. The molecule has 7 aromatic rings. The van der Waals surface area contributed by atoms with E-state index in [-0.39, 0.29) is 32.6 Å². The number of rotatable bonds is 4. The van der Waals surface area contributed by atoms with E-state index in [1.807, 2.05) is 106 Å². The van der Waals surface area contributed by atoms with E-state index in [1.54, 1.807) is 24.3 Å². The fraction of sp³-hybridized carbons (Fsp3) is 0. The summed E-state index contributed by atoms with van der Waals surface area (Å²) in [7, 11) is 0. The molecule has 0 unspecified atom stereocenters. The van der Waals surface area contributed by atoms with Crippen molar-refractivity contribution < 1.29 is 31.3 Å². The van der Waals surface area contributed by atoms with Crippen LogP contribution in [0.2, 0.25) is 0 Å². The van der Waals surface area contributed by atoms with Gasteiger partial charge in [0.2, 0.25) is 0 Å². The molecule has 7 heteroatoms. The number of imidazole rings is 2. The maximum absolute atomic E-state index is 10.7.